The Hall–Kier alpha value is -0.540. The molecule has 0 unspecified atom stereocenters. The van der Waals surface area contributed by atoms with Crippen molar-refractivity contribution in [2.45, 2.75) is 38.3 Å². The number of aromatic hydroxyl groups is 1. The molecule has 1 saturated carbocycles. The van der Waals surface area contributed by atoms with Gasteiger partial charge in [0.1, 0.15) is 5.75 Å². The summed E-state index contributed by atoms with van der Waals surface area (Å²) in [7, 11) is 0. The predicted octanol–water partition coefficient (Wildman–Crippen LogP) is 3.53. The van der Waals surface area contributed by atoms with Gasteiger partial charge < -0.3 is 5.11 Å². The smallest absolute Gasteiger partial charge is 0.115 e. The summed E-state index contributed by atoms with van der Waals surface area (Å²) >= 11 is 3.50. The molecule has 1 aromatic carbocycles. The number of phenols is 1. The Kier molecular flexibility index (Phi) is 4.86. The van der Waals surface area contributed by atoms with Gasteiger partial charge in [0.2, 0.25) is 0 Å². The van der Waals surface area contributed by atoms with Gasteiger partial charge in [0.15, 0.2) is 0 Å². The van der Waals surface area contributed by atoms with Crippen LogP contribution < -0.4 is 0 Å². The molecule has 1 N–H and O–H groups in total. The number of rotatable bonds is 6. The summed E-state index contributed by atoms with van der Waals surface area (Å²) in [6.45, 7) is 2.18. The molecule has 2 rings (SSSR count). The van der Waals surface area contributed by atoms with E-state index in [9.17, 15) is 5.11 Å². The fourth-order valence-corrected chi connectivity index (χ4v) is 2.49. The highest BCUT2D eigenvalue weighted by Gasteiger charge is 2.24. The molecule has 0 aliphatic heterocycles. The third-order valence-electron chi connectivity index (χ3n) is 3.49. The fraction of sp³-hybridized carbons (Fsp3) is 0.571. The van der Waals surface area contributed by atoms with Crippen LogP contribution in [0.1, 0.15) is 31.2 Å². The Balaban J connectivity index is 1.93. The fourth-order valence-electron chi connectivity index (χ4n) is 2.24. The molecule has 0 amide bonds. The molecule has 0 aromatic heterocycles. The zero-order valence-electron chi connectivity index (χ0n) is 10.1. The molecule has 94 valence electrons. The van der Waals surface area contributed by atoms with Crippen molar-refractivity contribution in [2.24, 2.45) is 0 Å². The lowest BCUT2D eigenvalue weighted by atomic mass is 9.91. The Bertz CT molecular complexity index is 335. The maximum absolute atomic E-state index is 9.28. The summed E-state index contributed by atoms with van der Waals surface area (Å²) in [4.78, 5) is 2.58. The van der Waals surface area contributed by atoms with Crippen LogP contribution in [0.25, 0.3) is 0 Å². The van der Waals surface area contributed by atoms with E-state index in [1.165, 1.54) is 31.2 Å². The second-order valence-electron chi connectivity index (χ2n) is 4.76. The van der Waals surface area contributed by atoms with Crippen molar-refractivity contribution < 1.29 is 5.11 Å². The SMILES string of the molecule is Oc1ccc(CN(CCCBr)C2CCC2)cc1. The van der Waals surface area contributed by atoms with E-state index in [-0.39, 0.29) is 0 Å². The molecule has 0 atom stereocenters. The molecule has 1 aliphatic rings. The third-order valence-corrected chi connectivity index (χ3v) is 4.05. The van der Waals surface area contributed by atoms with Crippen LogP contribution >= 0.6 is 15.9 Å². The lowest BCUT2D eigenvalue weighted by Crippen LogP contribution is -2.40. The van der Waals surface area contributed by atoms with Crippen molar-refractivity contribution in [3.05, 3.63) is 29.8 Å². The van der Waals surface area contributed by atoms with E-state index in [4.69, 9.17) is 0 Å². The summed E-state index contributed by atoms with van der Waals surface area (Å²) in [6, 6.07) is 8.38. The van der Waals surface area contributed by atoms with Crippen molar-refractivity contribution >= 4 is 15.9 Å². The Morgan fingerprint density at radius 3 is 2.47 bits per heavy atom. The van der Waals surface area contributed by atoms with E-state index in [0.29, 0.717) is 5.75 Å². The second kappa shape index (κ2) is 6.41. The number of alkyl halides is 1. The molecular formula is C14H20BrNO. The predicted molar refractivity (Wildman–Crippen MR) is 74.6 cm³/mol. The molecule has 0 bridgehead atoms. The topological polar surface area (TPSA) is 23.5 Å². The lowest BCUT2D eigenvalue weighted by Gasteiger charge is -2.37. The Labute approximate surface area is 112 Å². The zero-order chi connectivity index (χ0) is 12.1. The minimum absolute atomic E-state index is 0.351. The summed E-state index contributed by atoms with van der Waals surface area (Å²) in [6.07, 6.45) is 5.28. The highest BCUT2D eigenvalue weighted by Crippen LogP contribution is 2.26. The lowest BCUT2D eigenvalue weighted by molar-refractivity contribution is 0.120. The van der Waals surface area contributed by atoms with E-state index in [1.807, 2.05) is 12.1 Å². The molecule has 1 aromatic rings. The van der Waals surface area contributed by atoms with Crippen molar-refractivity contribution in [3.63, 3.8) is 0 Å². The summed E-state index contributed by atoms with van der Waals surface area (Å²) in [5, 5.41) is 10.4. The standard InChI is InChI=1S/C14H20BrNO/c15-9-2-10-16(13-3-1-4-13)11-12-5-7-14(17)8-6-12/h5-8,13,17H,1-4,9-11H2. The van der Waals surface area contributed by atoms with E-state index < -0.39 is 0 Å². The maximum Gasteiger partial charge on any atom is 0.115 e. The van der Waals surface area contributed by atoms with Gasteiger partial charge in [-0.1, -0.05) is 34.5 Å². The van der Waals surface area contributed by atoms with Crippen molar-refractivity contribution in [1.29, 1.82) is 0 Å². The van der Waals surface area contributed by atoms with Gasteiger partial charge in [-0.15, -0.1) is 0 Å². The molecule has 0 heterocycles. The van der Waals surface area contributed by atoms with Gasteiger partial charge in [-0.05, 0) is 43.5 Å². The molecule has 17 heavy (non-hydrogen) atoms. The van der Waals surface area contributed by atoms with E-state index in [1.54, 1.807) is 12.1 Å². The van der Waals surface area contributed by atoms with Gasteiger partial charge in [-0.3, -0.25) is 4.90 Å². The van der Waals surface area contributed by atoms with Crippen molar-refractivity contribution in [1.82, 2.24) is 4.90 Å². The van der Waals surface area contributed by atoms with Crippen molar-refractivity contribution in [3.8, 4) is 5.75 Å². The number of hydrogen-bond acceptors (Lipinski definition) is 2. The van der Waals surface area contributed by atoms with Crippen LogP contribution in [0.5, 0.6) is 5.75 Å². The maximum atomic E-state index is 9.28. The van der Waals surface area contributed by atoms with Gasteiger partial charge in [-0.2, -0.15) is 0 Å². The number of benzene rings is 1. The first-order valence-electron chi connectivity index (χ1n) is 6.37. The van der Waals surface area contributed by atoms with Crippen molar-refractivity contribution in [2.75, 3.05) is 11.9 Å². The summed E-state index contributed by atoms with van der Waals surface area (Å²) < 4.78 is 0. The molecule has 3 heteroatoms. The first-order valence-corrected chi connectivity index (χ1v) is 7.49. The first-order chi connectivity index (χ1) is 8.29. The van der Waals surface area contributed by atoms with Gasteiger partial charge in [0, 0.05) is 17.9 Å². The minimum Gasteiger partial charge on any atom is -0.508 e. The highest BCUT2D eigenvalue weighted by atomic mass is 79.9. The summed E-state index contributed by atoms with van der Waals surface area (Å²) in [5.41, 5.74) is 1.30. The van der Waals surface area contributed by atoms with E-state index in [0.717, 1.165) is 24.5 Å². The van der Waals surface area contributed by atoms with Gasteiger partial charge in [-0.25, -0.2) is 0 Å². The highest BCUT2D eigenvalue weighted by molar-refractivity contribution is 9.09. The van der Waals surface area contributed by atoms with Crippen LogP contribution in [-0.4, -0.2) is 27.9 Å². The van der Waals surface area contributed by atoms with Gasteiger partial charge in [0.25, 0.3) is 0 Å². The molecule has 1 aliphatic carbocycles. The molecule has 1 fully saturated rings. The van der Waals surface area contributed by atoms with Crippen LogP contribution in [0.3, 0.4) is 0 Å². The molecule has 2 nitrogen and oxygen atoms in total. The largest absolute Gasteiger partial charge is 0.508 e. The number of nitrogens with zero attached hydrogens (tertiary/aromatic N) is 1. The second-order valence-corrected chi connectivity index (χ2v) is 5.56. The van der Waals surface area contributed by atoms with Crippen LogP contribution in [0.2, 0.25) is 0 Å². The monoisotopic (exact) mass is 297 g/mol. The molecule has 0 radical (unpaired) electrons. The van der Waals surface area contributed by atoms with Crippen LogP contribution in [0.4, 0.5) is 0 Å². The quantitative estimate of drug-likeness (QED) is 0.812. The molecule has 0 saturated heterocycles. The normalized spacial score (nSPS) is 16.1. The number of halogens is 1. The van der Waals surface area contributed by atoms with Crippen LogP contribution in [0, 0.1) is 0 Å². The average molecular weight is 298 g/mol. The van der Waals surface area contributed by atoms with E-state index in [2.05, 4.69) is 20.8 Å². The minimum atomic E-state index is 0.351. The third kappa shape index (κ3) is 3.71. The zero-order valence-corrected chi connectivity index (χ0v) is 11.7. The van der Waals surface area contributed by atoms with Crippen LogP contribution in [0.15, 0.2) is 24.3 Å². The van der Waals surface area contributed by atoms with Gasteiger partial charge in [0.05, 0.1) is 0 Å². The average Bonchev–Trinajstić information content (AvgIpc) is 2.26. The van der Waals surface area contributed by atoms with Crippen LogP contribution in [-0.2, 0) is 6.54 Å². The summed E-state index contributed by atoms with van der Waals surface area (Å²) in [5.74, 6) is 0.351. The number of hydrogen-bond donors (Lipinski definition) is 1. The molecular weight excluding hydrogens is 278 g/mol. The van der Waals surface area contributed by atoms with Gasteiger partial charge >= 0.3 is 0 Å². The van der Waals surface area contributed by atoms with E-state index >= 15 is 0 Å². The number of phenolic OH excluding ortho intramolecular Hbond substituents is 1. The molecule has 0 spiro atoms. The Morgan fingerprint density at radius 2 is 1.94 bits per heavy atom. The Morgan fingerprint density at radius 1 is 1.24 bits per heavy atom. The first kappa shape index (κ1) is 12.9.